The van der Waals surface area contributed by atoms with Gasteiger partial charge in [0.2, 0.25) is 0 Å². The van der Waals surface area contributed by atoms with Crippen LogP contribution in [0.4, 0.5) is 0 Å². The lowest BCUT2D eigenvalue weighted by atomic mass is 10.0. The normalized spacial score (nSPS) is 18.6. The molecule has 3 nitrogen and oxygen atoms in total. The molecule has 0 spiro atoms. The Morgan fingerprint density at radius 3 is 2.55 bits per heavy atom. The van der Waals surface area contributed by atoms with E-state index in [1.165, 1.54) is 18.4 Å². The molecule has 1 fully saturated rings. The highest BCUT2D eigenvalue weighted by Gasteiger charge is 2.19. The molecule has 1 aliphatic heterocycles. The predicted octanol–water partition coefficient (Wildman–Crippen LogP) is 3.50. The van der Waals surface area contributed by atoms with Crippen LogP contribution in [0.2, 0.25) is 0 Å². The highest BCUT2D eigenvalue weighted by molar-refractivity contribution is 8.00. The maximum absolute atomic E-state index is 5.58. The van der Waals surface area contributed by atoms with Crippen molar-refractivity contribution >= 4 is 11.8 Å². The maximum atomic E-state index is 5.58. The zero-order valence-corrected chi connectivity index (χ0v) is 13.7. The Kier molecular flexibility index (Phi) is 5.61. The van der Waals surface area contributed by atoms with Crippen molar-refractivity contribution in [1.82, 2.24) is 5.32 Å². The third kappa shape index (κ3) is 3.83. The van der Waals surface area contributed by atoms with Crippen molar-refractivity contribution in [2.45, 2.75) is 49.3 Å². The lowest BCUT2D eigenvalue weighted by Crippen LogP contribution is -2.23. The average molecular weight is 295 g/mol. The van der Waals surface area contributed by atoms with Crippen molar-refractivity contribution in [3.05, 3.63) is 17.7 Å². The van der Waals surface area contributed by atoms with E-state index in [4.69, 9.17) is 9.47 Å². The minimum absolute atomic E-state index is 0.524. The van der Waals surface area contributed by atoms with Crippen LogP contribution in [0.25, 0.3) is 0 Å². The lowest BCUT2D eigenvalue weighted by Gasteiger charge is -2.18. The number of benzene rings is 1. The standard InChI is InChI=1S/C16H25NO2S/c1-11(2)20-16-10-14(18-3)12(9-15(16)19-4)8-13-6-5-7-17-13/h9-11,13,17H,5-8H2,1-4H3. The van der Waals surface area contributed by atoms with Crippen molar-refractivity contribution in [3.8, 4) is 11.5 Å². The quantitative estimate of drug-likeness (QED) is 0.814. The number of rotatable bonds is 6. The molecule has 1 aromatic carbocycles. The topological polar surface area (TPSA) is 30.5 Å². The summed E-state index contributed by atoms with van der Waals surface area (Å²) in [6.45, 7) is 5.51. The minimum atomic E-state index is 0.524. The summed E-state index contributed by atoms with van der Waals surface area (Å²) in [7, 11) is 3.49. The summed E-state index contributed by atoms with van der Waals surface area (Å²) in [4.78, 5) is 1.16. The average Bonchev–Trinajstić information content (AvgIpc) is 2.92. The fourth-order valence-electron chi connectivity index (χ4n) is 2.63. The Labute approximate surface area is 126 Å². The predicted molar refractivity (Wildman–Crippen MR) is 85.3 cm³/mol. The summed E-state index contributed by atoms with van der Waals surface area (Å²) in [5.41, 5.74) is 1.23. The summed E-state index contributed by atoms with van der Waals surface area (Å²) >= 11 is 1.81. The Hall–Kier alpha value is -0.870. The molecule has 1 aromatic rings. The smallest absolute Gasteiger partial charge is 0.132 e. The molecule has 0 aromatic heterocycles. The summed E-state index contributed by atoms with van der Waals surface area (Å²) in [6.07, 6.45) is 3.52. The Morgan fingerprint density at radius 1 is 1.25 bits per heavy atom. The van der Waals surface area contributed by atoms with E-state index in [1.54, 1.807) is 14.2 Å². The van der Waals surface area contributed by atoms with Gasteiger partial charge in [-0.25, -0.2) is 0 Å². The summed E-state index contributed by atoms with van der Waals surface area (Å²) in [5, 5.41) is 4.06. The number of methoxy groups -OCH3 is 2. The Balaban J connectivity index is 2.25. The molecule has 1 N–H and O–H groups in total. The molecule has 1 heterocycles. The molecule has 2 rings (SSSR count). The van der Waals surface area contributed by atoms with Gasteiger partial charge in [0.1, 0.15) is 11.5 Å². The van der Waals surface area contributed by atoms with E-state index < -0.39 is 0 Å². The van der Waals surface area contributed by atoms with E-state index in [1.807, 2.05) is 11.8 Å². The van der Waals surface area contributed by atoms with Crippen molar-refractivity contribution in [1.29, 1.82) is 0 Å². The molecule has 4 heteroatoms. The molecule has 1 atom stereocenters. The molecule has 112 valence electrons. The zero-order valence-electron chi connectivity index (χ0n) is 12.9. The van der Waals surface area contributed by atoms with Gasteiger partial charge in [-0.2, -0.15) is 0 Å². The van der Waals surface area contributed by atoms with Crippen molar-refractivity contribution < 1.29 is 9.47 Å². The van der Waals surface area contributed by atoms with Crippen molar-refractivity contribution in [2.24, 2.45) is 0 Å². The van der Waals surface area contributed by atoms with Gasteiger partial charge in [0.05, 0.1) is 19.1 Å². The van der Waals surface area contributed by atoms with Crippen molar-refractivity contribution in [3.63, 3.8) is 0 Å². The Bertz CT molecular complexity index is 442. The number of hydrogen-bond donors (Lipinski definition) is 1. The van der Waals surface area contributed by atoms with Gasteiger partial charge in [0.15, 0.2) is 0 Å². The molecule has 1 aliphatic rings. The molecule has 0 amide bonds. The Morgan fingerprint density at radius 2 is 2.00 bits per heavy atom. The van der Waals surface area contributed by atoms with Gasteiger partial charge in [-0.05, 0) is 43.5 Å². The van der Waals surface area contributed by atoms with Gasteiger partial charge >= 0.3 is 0 Å². The number of hydrogen-bond acceptors (Lipinski definition) is 4. The first kappa shape index (κ1) is 15.5. The highest BCUT2D eigenvalue weighted by atomic mass is 32.2. The van der Waals surface area contributed by atoms with Gasteiger partial charge in [-0.3, -0.25) is 0 Å². The molecular formula is C16H25NO2S. The van der Waals surface area contributed by atoms with Gasteiger partial charge in [-0.15, -0.1) is 11.8 Å². The van der Waals surface area contributed by atoms with Gasteiger partial charge in [0.25, 0.3) is 0 Å². The third-order valence-corrected chi connectivity index (χ3v) is 4.60. The number of ether oxygens (including phenoxy) is 2. The van der Waals surface area contributed by atoms with Crippen LogP contribution in [0, 0.1) is 0 Å². The monoisotopic (exact) mass is 295 g/mol. The van der Waals surface area contributed by atoms with Crippen LogP contribution >= 0.6 is 11.8 Å². The van der Waals surface area contributed by atoms with Gasteiger partial charge in [0, 0.05) is 11.3 Å². The fraction of sp³-hybridized carbons (Fsp3) is 0.625. The van der Waals surface area contributed by atoms with Crippen LogP contribution in [0.15, 0.2) is 17.0 Å². The zero-order chi connectivity index (χ0) is 14.5. The van der Waals surface area contributed by atoms with Gasteiger partial charge < -0.3 is 14.8 Å². The van der Waals surface area contributed by atoms with Crippen LogP contribution in [-0.4, -0.2) is 32.1 Å². The van der Waals surface area contributed by atoms with E-state index in [0.717, 1.165) is 29.4 Å². The van der Waals surface area contributed by atoms with Crippen LogP contribution in [0.1, 0.15) is 32.3 Å². The molecule has 20 heavy (non-hydrogen) atoms. The molecule has 1 unspecified atom stereocenters. The van der Waals surface area contributed by atoms with E-state index in [-0.39, 0.29) is 0 Å². The third-order valence-electron chi connectivity index (χ3n) is 3.56. The molecule has 0 radical (unpaired) electrons. The second-order valence-corrected chi connectivity index (χ2v) is 7.10. The molecule has 0 bridgehead atoms. The molecular weight excluding hydrogens is 270 g/mol. The van der Waals surface area contributed by atoms with E-state index in [2.05, 4.69) is 31.3 Å². The van der Waals surface area contributed by atoms with Crippen LogP contribution in [0.3, 0.4) is 0 Å². The lowest BCUT2D eigenvalue weighted by molar-refractivity contribution is 0.388. The fourth-order valence-corrected chi connectivity index (χ4v) is 3.58. The number of thioether (sulfide) groups is 1. The van der Waals surface area contributed by atoms with E-state index in [0.29, 0.717) is 11.3 Å². The number of nitrogens with one attached hydrogen (secondary N) is 1. The highest BCUT2D eigenvalue weighted by Crippen LogP contribution is 2.38. The summed E-state index contributed by atoms with van der Waals surface area (Å²) in [6, 6.07) is 4.83. The minimum Gasteiger partial charge on any atom is -0.496 e. The van der Waals surface area contributed by atoms with Crippen molar-refractivity contribution in [2.75, 3.05) is 20.8 Å². The first-order valence-electron chi connectivity index (χ1n) is 7.29. The maximum Gasteiger partial charge on any atom is 0.132 e. The largest absolute Gasteiger partial charge is 0.496 e. The van der Waals surface area contributed by atoms with Gasteiger partial charge in [-0.1, -0.05) is 13.8 Å². The second kappa shape index (κ2) is 7.23. The second-order valence-electron chi connectivity index (χ2n) is 5.48. The molecule has 0 aliphatic carbocycles. The van der Waals surface area contributed by atoms with Crippen LogP contribution < -0.4 is 14.8 Å². The first-order chi connectivity index (χ1) is 9.63. The van der Waals surface area contributed by atoms with Crippen LogP contribution in [0.5, 0.6) is 11.5 Å². The van der Waals surface area contributed by atoms with E-state index >= 15 is 0 Å². The molecule has 0 saturated carbocycles. The first-order valence-corrected chi connectivity index (χ1v) is 8.17. The summed E-state index contributed by atoms with van der Waals surface area (Å²) < 4.78 is 11.1. The van der Waals surface area contributed by atoms with E-state index in [9.17, 15) is 0 Å². The summed E-state index contributed by atoms with van der Waals surface area (Å²) in [5.74, 6) is 1.93. The SMILES string of the molecule is COc1cc(SC(C)C)c(OC)cc1CC1CCCN1. The molecule has 1 saturated heterocycles. The van der Waals surface area contributed by atoms with Crippen LogP contribution in [-0.2, 0) is 6.42 Å².